The highest BCUT2D eigenvalue weighted by molar-refractivity contribution is 5.75. The average molecular weight is 254 g/mol. The number of carbonyl (C=O) groups excluding carboxylic acids is 1. The number of hydrogen-bond donors (Lipinski definition) is 1. The molecule has 0 saturated carbocycles. The van der Waals surface area contributed by atoms with Crippen molar-refractivity contribution in [3.8, 4) is 0 Å². The van der Waals surface area contributed by atoms with Gasteiger partial charge in [0.2, 0.25) is 0 Å². The van der Waals surface area contributed by atoms with E-state index in [1.54, 1.807) is 0 Å². The smallest absolute Gasteiger partial charge is 0.317 e. The summed E-state index contributed by atoms with van der Waals surface area (Å²) in [7, 11) is 0. The molecule has 2 amide bonds. The van der Waals surface area contributed by atoms with Crippen molar-refractivity contribution in [1.82, 2.24) is 10.2 Å². The van der Waals surface area contributed by atoms with Crippen LogP contribution in [0.4, 0.5) is 4.79 Å². The lowest BCUT2D eigenvalue weighted by Crippen LogP contribution is -2.63. The third kappa shape index (κ3) is 3.39. The van der Waals surface area contributed by atoms with E-state index in [-0.39, 0.29) is 22.9 Å². The lowest BCUT2D eigenvalue weighted by atomic mass is 9.67. The Morgan fingerprint density at radius 2 is 1.72 bits per heavy atom. The molecule has 2 unspecified atom stereocenters. The normalized spacial score (nSPS) is 26.2. The fourth-order valence-corrected chi connectivity index (χ4v) is 2.81. The number of amides is 2. The first kappa shape index (κ1) is 15.3. The second-order valence-corrected chi connectivity index (χ2v) is 7.71. The topological polar surface area (TPSA) is 32.3 Å². The first-order valence-corrected chi connectivity index (χ1v) is 7.12. The lowest BCUT2D eigenvalue weighted by Gasteiger charge is -2.49. The molecule has 3 nitrogen and oxygen atoms in total. The summed E-state index contributed by atoms with van der Waals surface area (Å²) in [5, 5.41) is 3.23. The highest BCUT2D eigenvalue weighted by Crippen LogP contribution is 2.38. The molecule has 1 aliphatic heterocycles. The lowest BCUT2D eigenvalue weighted by molar-refractivity contribution is 0.0469. The van der Waals surface area contributed by atoms with E-state index in [9.17, 15) is 4.79 Å². The number of nitrogens with one attached hydrogen (secondary N) is 1. The van der Waals surface area contributed by atoms with Crippen molar-refractivity contribution in [2.24, 2.45) is 16.7 Å². The van der Waals surface area contributed by atoms with Gasteiger partial charge in [-0.1, -0.05) is 48.5 Å². The van der Waals surface area contributed by atoms with Crippen molar-refractivity contribution >= 4 is 6.03 Å². The Bertz CT molecular complexity index is 299. The van der Waals surface area contributed by atoms with Gasteiger partial charge < -0.3 is 10.2 Å². The van der Waals surface area contributed by atoms with Gasteiger partial charge in [0.1, 0.15) is 0 Å². The van der Waals surface area contributed by atoms with Crippen LogP contribution in [0, 0.1) is 16.7 Å². The third-order valence-corrected chi connectivity index (χ3v) is 3.92. The summed E-state index contributed by atoms with van der Waals surface area (Å²) in [6.07, 6.45) is 1.02. The van der Waals surface area contributed by atoms with E-state index < -0.39 is 0 Å². The van der Waals surface area contributed by atoms with E-state index in [0.29, 0.717) is 5.92 Å². The highest BCUT2D eigenvalue weighted by atomic mass is 16.2. The fourth-order valence-electron chi connectivity index (χ4n) is 2.81. The number of hydrogen-bond acceptors (Lipinski definition) is 1. The molecule has 1 fully saturated rings. The number of rotatable bonds is 2. The molecule has 3 heteroatoms. The molecular weight excluding hydrogens is 224 g/mol. The standard InChI is InChI=1S/C15H30N2O/c1-8-9-17-10-11(14(2,3)4)12(15(5,6)7)16-13(17)18/h11-12H,8-10H2,1-7H3,(H,16,18). The van der Waals surface area contributed by atoms with E-state index in [1.165, 1.54) is 0 Å². The van der Waals surface area contributed by atoms with Crippen LogP contribution in [0.25, 0.3) is 0 Å². The van der Waals surface area contributed by atoms with Gasteiger partial charge in [0.15, 0.2) is 0 Å². The van der Waals surface area contributed by atoms with Crippen LogP contribution in [0.15, 0.2) is 0 Å². The molecule has 0 radical (unpaired) electrons. The van der Waals surface area contributed by atoms with Crippen LogP contribution in [0.5, 0.6) is 0 Å². The molecule has 0 aromatic rings. The summed E-state index contributed by atoms with van der Waals surface area (Å²) in [4.78, 5) is 14.1. The zero-order chi connectivity index (χ0) is 14.1. The third-order valence-electron chi connectivity index (χ3n) is 3.92. The van der Waals surface area contributed by atoms with Crippen LogP contribution < -0.4 is 5.32 Å². The fraction of sp³-hybridized carbons (Fsp3) is 0.933. The largest absolute Gasteiger partial charge is 0.334 e. The van der Waals surface area contributed by atoms with Crippen LogP contribution >= 0.6 is 0 Å². The molecule has 106 valence electrons. The van der Waals surface area contributed by atoms with Crippen molar-refractivity contribution in [3.63, 3.8) is 0 Å². The Kier molecular flexibility index (Phi) is 4.34. The molecule has 2 atom stereocenters. The zero-order valence-electron chi connectivity index (χ0n) is 13.1. The predicted octanol–water partition coefficient (Wildman–Crippen LogP) is 3.50. The average Bonchev–Trinajstić information content (AvgIpc) is 2.17. The predicted molar refractivity (Wildman–Crippen MR) is 76.6 cm³/mol. The number of nitrogens with zero attached hydrogens (tertiary/aromatic N) is 1. The number of carbonyl (C=O) groups is 1. The summed E-state index contributed by atoms with van der Waals surface area (Å²) in [5.74, 6) is 0.488. The Balaban J connectivity index is 2.96. The minimum atomic E-state index is 0.103. The summed E-state index contributed by atoms with van der Waals surface area (Å²) in [6, 6.07) is 0.357. The zero-order valence-corrected chi connectivity index (χ0v) is 13.1. The number of urea groups is 1. The second-order valence-electron chi connectivity index (χ2n) is 7.71. The molecule has 0 spiro atoms. The van der Waals surface area contributed by atoms with Crippen molar-refractivity contribution in [2.45, 2.75) is 60.9 Å². The molecule has 1 heterocycles. The Morgan fingerprint density at radius 3 is 2.11 bits per heavy atom. The van der Waals surface area contributed by atoms with Crippen LogP contribution in [-0.4, -0.2) is 30.1 Å². The Morgan fingerprint density at radius 1 is 1.17 bits per heavy atom. The van der Waals surface area contributed by atoms with Gasteiger partial charge in [-0.15, -0.1) is 0 Å². The summed E-state index contributed by atoms with van der Waals surface area (Å²) in [5.41, 5.74) is 0.309. The Labute approximate surface area is 112 Å². The van der Waals surface area contributed by atoms with Gasteiger partial charge in [-0.05, 0) is 17.3 Å². The monoisotopic (exact) mass is 254 g/mol. The van der Waals surface area contributed by atoms with Crippen molar-refractivity contribution < 1.29 is 4.79 Å². The summed E-state index contributed by atoms with van der Waals surface area (Å²) < 4.78 is 0. The maximum atomic E-state index is 12.1. The maximum absolute atomic E-state index is 12.1. The minimum Gasteiger partial charge on any atom is -0.334 e. The quantitative estimate of drug-likeness (QED) is 0.803. The maximum Gasteiger partial charge on any atom is 0.317 e. The van der Waals surface area contributed by atoms with E-state index in [0.717, 1.165) is 19.5 Å². The van der Waals surface area contributed by atoms with Crippen LogP contribution in [0.2, 0.25) is 0 Å². The SMILES string of the molecule is CCCN1CC(C(C)(C)C)C(C(C)(C)C)NC1=O. The molecule has 0 aromatic carbocycles. The van der Waals surface area contributed by atoms with Crippen molar-refractivity contribution in [1.29, 1.82) is 0 Å². The molecule has 1 rings (SSSR count). The van der Waals surface area contributed by atoms with E-state index >= 15 is 0 Å². The van der Waals surface area contributed by atoms with Crippen LogP contribution in [0.1, 0.15) is 54.9 Å². The molecule has 18 heavy (non-hydrogen) atoms. The van der Waals surface area contributed by atoms with Gasteiger partial charge in [0.25, 0.3) is 0 Å². The van der Waals surface area contributed by atoms with Crippen LogP contribution in [-0.2, 0) is 0 Å². The van der Waals surface area contributed by atoms with Crippen molar-refractivity contribution in [3.05, 3.63) is 0 Å². The summed E-state index contributed by atoms with van der Waals surface area (Å²) >= 11 is 0. The van der Waals surface area contributed by atoms with Gasteiger partial charge >= 0.3 is 6.03 Å². The molecule has 0 bridgehead atoms. The van der Waals surface area contributed by atoms with Crippen molar-refractivity contribution in [2.75, 3.05) is 13.1 Å². The van der Waals surface area contributed by atoms with E-state index in [4.69, 9.17) is 0 Å². The molecule has 0 aromatic heterocycles. The molecule has 1 N–H and O–H groups in total. The molecule has 0 aliphatic carbocycles. The Hall–Kier alpha value is -0.730. The van der Waals surface area contributed by atoms with Crippen LogP contribution in [0.3, 0.4) is 0 Å². The molecular formula is C15H30N2O. The molecule has 1 saturated heterocycles. The van der Waals surface area contributed by atoms with Gasteiger partial charge in [-0.25, -0.2) is 4.79 Å². The molecule has 1 aliphatic rings. The van der Waals surface area contributed by atoms with Gasteiger partial charge in [-0.2, -0.15) is 0 Å². The first-order valence-electron chi connectivity index (χ1n) is 7.12. The summed E-state index contributed by atoms with van der Waals surface area (Å²) in [6.45, 7) is 17.3. The van der Waals surface area contributed by atoms with Gasteiger partial charge in [0, 0.05) is 25.0 Å². The minimum absolute atomic E-state index is 0.103. The van der Waals surface area contributed by atoms with Gasteiger partial charge in [-0.3, -0.25) is 0 Å². The second kappa shape index (κ2) is 5.10. The van der Waals surface area contributed by atoms with E-state index in [2.05, 4.69) is 53.8 Å². The first-order chi connectivity index (χ1) is 8.07. The van der Waals surface area contributed by atoms with E-state index in [1.807, 2.05) is 4.90 Å². The highest BCUT2D eigenvalue weighted by Gasteiger charge is 2.44. The van der Waals surface area contributed by atoms with Gasteiger partial charge in [0.05, 0.1) is 0 Å².